The van der Waals surface area contributed by atoms with E-state index in [2.05, 4.69) is 15.5 Å². The van der Waals surface area contributed by atoms with E-state index < -0.39 is 0 Å². The van der Waals surface area contributed by atoms with Crippen LogP contribution in [0.1, 0.15) is 57.4 Å². The SMILES string of the molecule is CC(=O)NC(c1nc(-c2cccc(N3CCCC3=O)c2)no1)C1CCCC1. The Labute approximate surface area is 158 Å². The third-order valence-corrected chi connectivity index (χ3v) is 5.43. The predicted octanol–water partition coefficient (Wildman–Crippen LogP) is 3.23. The molecule has 0 radical (unpaired) electrons. The zero-order chi connectivity index (χ0) is 18.8. The molecular formula is C20H24N4O3. The van der Waals surface area contributed by atoms with Gasteiger partial charge in [0.15, 0.2) is 0 Å². The lowest BCUT2D eigenvalue weighted by molar-refractivity contribution is -0.120. The van der Waals surface area contributed by atoms with Gasteiger partial charge in [-0.2, -0.15) is 4.98 Å². The van der Waals surface area contributed by atoms with Gasteiger partial charge in [0.1, 0.15) is 6.04 Å². The minimum atomic E-state index is -0.241. The van der Waals surface area contributed by atoms with Crippen LogP contribution in [0.4, 0.5) is 5.69 Å². The molecule has 2 aromatic rings. The second-order valence-corrected chi connectivity index (χ2v) is 7.38. The maximum atomic E-state index is 12.0. The molecule has 1 aliphatic carbocycles. The molecule has 0 spiro atoms. The number of rotatable bonds is 5. The molecule has 4 rings (SSSR count). The highest BCUT2D eigenvalue weighted by molar-refractivity contribution is 5.95. The minimum Gasteiger partial charge on any atom is -0.344 e. The molecule has 1 saturated heterocycles. The van der Waals surface area contributed by atoms with Crippen LogP contribution in [0.2, 0.25) is 0 Å². The maximum Gasteiger partial charge on any atom is 0.249 e. The van der Waals surface area contributed by atoms with E-state index in [1.807, 2.05) is 24.3 Å². The third kappa shape index (κ3) is 3.72. The summed E-state index contributed by atoms with van der Waals surface area (Å²) in [5.41, 5.74) is 1.66. The smallest absolute Gasteiger partial charge is 0.249 e. The first-order chi connectivity index (χ1) is 13.1. The van der Waals surface area contributed by atoms with Crippen LogP contribution in [0.15, 0.2) is 28.8 Å². The molecule has 7 heteroatoms. The van der Waals surface area contributed by atoms with E-state index in [0.29, 0.717) is 24.1 Å². The second kappa shape index (κ2) is 7.50. The fourth-order valence-corrected chi connectivity index (χ4v) is 4.10. The van der Waals surface area contributed by atoms with Crippen LogP contribution in [0.5, 0.6) is 0 Å². The lowest BCUT2D eigenvalue weighted by Crippen LogP contribution is -2.31. The Bertz CT molecular complexity index is 841. The number of anilines is 1. The number of nitrogens with one attached hydrogen (secondary N) is 1. The molecule has 7 nitrogen and oxygen atoms in total. The molecule has 2 fully saturated rings. The zero-order valence-corrected chi connectivity index (χ0v) is 15.5. The molecule has 1 aliphatic heterocycles. The van der Waals surface area contributed by atoms with Gasteiger partial charge in [-0.3, -0.25) is 9.59 Å². The van der Waals surface area contributed by atoms with Gasteiger partial charge in [-0.1, -0.05) is 30.1 Å². The second-order valence-electron chi connectivity index (χ2n) is 7.38. The fourth-order valence-electron chi connectivity index (χ4n) is 4.10. The number of aromatic nitrogens is 2. The van der Waals surface area contributed by atoms with Crippen molar-refractivity contribution in [3.8, 4) is 11.4 Å². The molecule has 27 heavy (non-hydrogen) atoms. The van der Waals surface area contributed by atoms with Crippen LogP contribution < -0.4 is 10.2 Å². The van der Waals surface area contributed by atoms with E-state index >= 15 is 0 Å². The van der Waals surface area contributed by atoms with Crippen molar-refractivity contribution in [1.29, 1.82) is 0 Å². The van der Waals surface area contributed by atoms with Gasteiger partial charge in [0.2, 0.25) is 23.5 Å². The number of amides is 2. The first-order valence-electron chi connectivity index (χ1n) is 9.63. The average Bonchev–Trinajstić information content (AvgIpc) is 3.41. The fraction of sp³-hybridized carbons (Fsp3) is 0.500. The topological polar surface area (TPSA) is 88.3 Å². The molecule has 0 bridgehead atoms. The van der Waals surface area contributed by atoms with E-state index in [1.54, 1.807) is 4.90 Å². The van der Waals surface area contributed by atoms with Crippen molar-refractivity contribution in [2.45, 2.75) is 51.5 Å². The standard InChI is InChI=1S/C20H24N4O3/c1-13(25)21-18(14-6-2-3-7-14)20-22-19(23-27-20)15-8-4-9-16(12-15)24-11-5-10-17(24)26/h4,8-9,12,14,18H,2-3,5-7,10-11H2,1H3,(H,21,25). The summed E-state index contributed by atoms with van der Waals surface area (Å²) < 4.78 is 5.52. The van der Waals surface area contributed by atoms with Gasteiger partial charge in [-0.05, 0) is 37.3 Å². The Kier molecular flexibility index (Phi) is 4.92. The average molecular weight is 368 g/mol. The molecule has 1 aromatic heterocycles. The summed E-state index contributed by atoms with van der Waals surface area (Å²) >= 11 is 0. The van der Waals surface area contributed by atoms with Gasteiger partial charge in [0, 0.05) is 31.1 Å². The number of hydrogen-bond donors (Lipinski definition) is 1. The first-order valence-corrected chi connectivity index (χ1v) is 9.63. The monoisotopic (exact) mass is 368 g/mol. The predicted molar refractivity (Wildman–Crippen MR) is 99.8 cm³/mol. The molecule has 1 aromatic carbocycles. The summed E-state index contributed by atoms with van der Waals surface area (Å²) in [5, 5.41) is 7.11. The normalized spacial score (nSPS) is 18.9. The van der Waals surface area contributed by atoms with Crippen LogP contribution in [-0.2, 0) is 9.59 Å². The highest BCUT2D eigenvalue weighted by atomic mass is 16.5. The van der Waals surface area contributed by atoms with Crippen molar-refractivity contribution in [2.24, 2.45) is 5.92 Å². The van der Waals surface area contributed by atoms with Crippen molar-refractivity contribution < 1.29 is 14.1 Å². The summed E-state index contributed by atoms with van der Waals surface area (Å²) in [5.74, 6) is 1.31. The van der Waals surface area contributed by atoms with Crippen LogP contribution in [0.3, 0.4) is 0 Å². The van der Waals surface area contributed by atoms with Gasteiger partial charge in [0.05, 0.1) is 0 Å². The number of nitrogens with zero attached hydrogens (tertiary/aromatic N) is 3. The van der Waals surface area contributed by atoms with Gasteiger partial charge in [0.25, 0.3) is 0 Å². The summed E-state index contributed by atoms with van der Waals surface area (Å²) in [6.45, 7) is 2.25. The highest BCUT2D eigenvalue weighted by Crippen LogP contribution is 2.36. The molecule has 1 atom stereocenters. The largest absolute Gasteiger partial charge is 0.344 e. The maximum absolute atomic E-state index is 12.0. The Morgan fingerprint density at radius 2 is 2.11 bits per heavy atom. The van der Waals surface area contributed by atoms with E-state index in [0.717, 1.165) is 49.9 Å². The molecular weight excluding hydrogens is 344 g/mol. The molecule has 142 valence electrons. The quantitative estimate of drug-likeness (QED) is 0.875. The first kappa shape index (κ1) is 17.7. The van der Waals surface area contributed by atoms with Crippen LogP contribution in [0, 0.1) is 5.92 Å². The van der Waals surface area contributed by atoms with Gasteiger partial charge in [-0.25, -0.2) is 0 Å². The zero-order valence-electron chi connectivity index (χ0n) is 15.5. The minimum absolute atomic E-state index is 0.0961. The third-order valence-electron chi connectivity index (χ3n) is 5.43. The van der Waals surface area contributed by atoms with Crippen LogP contribution in [0.25, 0.3) is 11.4 Å². The molecule has 1 saturated carbocycles. The Balaban J connectivity index is 1.59. The Morgan fingerprint density at radius 1 is 1.30 bits per heavy atom. The van der Waals surface area contributed by atoms with E-state index in [-0.39, 0.29) is 17.9 Å². The number of benzene rings is 1. The highest BCUT2D eigenvalue weighted by Gasteiger charge is 2.31. The summed E-state index contributed by atoms with van der Waals surface area (Å²) in [4.78, 5) is 30.0. The van der Waals surface area contributed by atoms with Crippen molar-refractivity contribution in [3.05, 3.63) is 30.2 Å². The van der Waals surface area contributed by atoms with Gasteiger partial charge >= 0.3 is 0 Å². The van der Waals surface area contributed by atoms with Gasteiger partial charge < -0.3 is 14.7 Å². The molecule has 1 N–H and O–H groups in total. The number of carbonyl (C=O) groups is 2. The van der Waals surface area contributed by atoms with Crippen molar-refractivity contribution in [1.82, 2.24) is 15.5 Å². The molecule has 2 amide bonds. The van der Waals surface area contributed by atoms with Crippen LogP contribution >= 0.6 is 0 Å². The molecule has 1 unspecified atom stereocenters. The van der Waals surface area contributed by atoms with Crippen molar-refractivity contribution >= 4 is 17.5 Å². The van der Waals surface area contributed by atoms with E-state index in [1.165, 1.54) is 6.92 Å². The lowest BCUT2D eigenvalue weighted by Gasteiger charge is -2.20. The van der Waals surface area contributed by atoms with Gasteiger partial charge in [-0.15, -0.1) is 0 Å². The van der Waals surface area contributed by atoms with Crippen LogP contribution in [-0.4, -0.2) is 28.5 Å². The Morgan fingerprint density at radius 3 is 2.81 bits per heavy atom. The number of carbonyl (C=O) groups excluding carboxylic acids is 2. The van der Waals surface area contributed by atoms with Crippen molar-refractivity contribution in [3.63, 3.8) is 0 Å². The Hall–Kier alpha value is -2.70. The number of hydrogen-bond acceptors (Lipinski definition) is 5. The van der Waals surface area contributed by atoms with E-state index in [4.69, 9.17) is 4.52 Å². The molecule has 2 heterocycles. The summed E-state index contributed by atoms with van der Waals surface area (Å²) in [7, 11) is 0. The van der Waals surface area contributed by atoms with Crippen molar-refractivity contribution in [2.75, 3.05) is 11.4 Å². The lowest BCUT2D eigenvalue weighted by atomic mass is 9.98. The summed E-state index contributed by atoms with van der Waals surface area (Å²) in [6.07, 6.45) is 5.90. The van der Waals surface area contributed by atoms with E-state index in [9.17, 15) is 9.59 Å². The summed E-state index contributed by atoms with van der Waals surface area (Å²) in [6, 6.07) is 7.40. The molecule has 2 aliphatic rings.